The number of ether oxygens (including phenoxy) is 3. The summed E-state index contributed by atoms with van der Waals surface area (Å²) in [6, 6.07) is 0. The molecule has 6 nitrogen and oxygen atoms in total. The number of hydrogen-bond donors (Lipinski definition) is 0. The summed E-state index contributed by atoms with van der Waals surface area (Å²) in [7, 11) is 0. The Morgan fingerprint density at radius 3 is 1.08 bits per heavy atom. The van der Waals surface area contributed by atoms with Crippen LogP contribution in [-0.4, -0.2) is 37.2 Å². The predicted octanol–water partition coefficient (Wildman–Crippen LogP) is 15.9. The van der Waals surface area contributed by atoms with Gasteiger partial charge in [0.2, 0.25) is 0 Å². The third-order valence-corrected chi connectivity index (χ3v) is 9.17. The van der Waals surface area contributed by atoms with E-state index in [0.717, 1.165) is 109 Å². The number of esters is 3. The summed E-state index contributed by atoms with van der Waals surface area (Å²) in [5.41, 5.74) is 0. The second-order valence-electron chi connectivity index (χ2n) is 15.0. The first-order valence-corrected chi connectivity index (χ1v) is 24.1. The molecule has 0 aliphatic heterocycles. The predicted molar refractivity (Wildman–Crippen MR) is 269 cm³/mol. The molecule has 0 saturated carbocycles. The van der Waals surface area contributed by atoms with Crippen molar-refractivity contribution in [3.63, 3.8) is 0 Å². The molecule has 0 rings (SSSR count). The molecule has 0 aromatic heterocycles. The molecule has 6 heteroatoms. The lowest BCUT2D eigenvalue weighted by Gasteiger charge is -2.18. The van der Waals surface area contributed by atoms with Crippen LogP contribution in [0.15, 0.2) is 158 Å². The van der Waals surface area contributed by atoms with Crippen molar-refractivity contribution in [2.75, 3.05) is 13.2 Å². The van der Waals surface area contributed by atoms with Crippen molar-refractivity contribution in [2.45, 2.75) is 168 Å². The minimum absolute atomic E-state index is 0.132. The molecule has 0 spiro atoms. The van der Waals surface area contributed by atoms with Crippen molar-refractivity contribution in [3.8, 4) is 0 Å². The highest BCUT2D eigenvalue weighted by atomic mass is 16.6. The number of rotatable bonds is 40. The quantitative estimate of drug-likeness (QED) is 0.0201. The fourth-order valence-electron chi connectivity index (χ4n) is 5.65. The molecule has 0 bridgehead atoms. The summed E-state index contributed by atoms with van der Waals surface area (Å²) in [5, 5.41) is 0. The molecule has 0 heterocycles. The first-order valence-electron chi connectivity index (χ1n) is 24.1. The molecule has 63 heavy (non-hydrogen) atoms. The Morgan fingerprint density at radius 1 is 0.333 bits per heavy atom. The van der Waals surface area contributed by atoms with E-state index >= 15 is 0 Å². The maximum atomic E-state index is 12.7. The van der Waals surface area contributed by atoms with E-state index in [4.69, 9.17) is 14.2 Å². The molecule has 0 radical (unpaired) electrons. The normalized spacial score (nSPS) is 13.5. The maximum absolute atomic E-state index is 12.7. The van der Waals surface area contributed by atoms with E-state index in [2.05, 4.69) is 118 Å². The molecule has 0 aromatic rings. The molecule has 1 atom stereocenters. The van der Waals surface area contributed by atoms with Gasteiger partial charge in [-0.05, 0) is 109 Å². The number of hydrogen-bond acceptors (Lipinski definition) is 6. The van der Waals surface area contributed by atoms with Crippen molar-refractivity contribution >= 4 is 17.9 Å². The van der Waals surface area contributed by atoms with Gasteiger partial charge >= 0.3 is 17.9 Å². The van der Waals surface area contributed by atoms with Crippen LogP contribution in [0.4, 0.5) is 0 Å². The lowest BCUT2D eigenvalue weighted by molar-refractivity contribution is -0.167. The fraction of sp³-hybridized carbons (Fsp3) is 0.491. The van der Waals surface area contributed by atoms with Gasteiger partial charge in [0.05, 0.1) is 0 Å². The molecule has 0 aromatic carbocycles. The summed E-state index contributed by atoms with van der Waals surface area (Å²) >= 11 is 0. The lowest BCUT2D eigenvalue weighted by Crippen LogP contribution is -2.30. The Kier molecular flexibility index (Phi) is 45.8. The zero-order valence-corrected chi connectivity index (χ0v) is 39.5. The van der Waals surface area contributed by atoms with Crippen molar-refractivity contribution < 1.29 is 28.6 Å². The van der Waals surface area contributed by atoms with E-state index in [9.17, 15) is 14.4 Å². The second-order valence-corrected chi connectivity index (χ2v) is 15.0. The van der Waals surface area contributed by atoms with E-state index in [1.54, 1.807) is 0 Å². The molecule has 0 saturated heterocycles. The second kappa shape index (κ2) is 49.7. The van der Waals surface area contributed by atoms with E-state index in [0.29, 0.717) is 19.3 Å². The SMILES string of the molecule is CC\C=C/C=C\C=C/C=C\C=C\C=C/CCCCCC(=O)OC(COC(=O)CCCC/C=C\C/C=C\CC)COC(=O)CCCCC/C=C\C/C=C\C/C=C\C/C=C\C/C=C\CC. The van der Waals surface area contributed by atoms with Crippen LogP contribution in [-0.2, 0) is 28.6 Å². The van der Waals surface area contributed by atoms with Crippen molar-refractivity contribution in [1.29, 1.82) is 0 Å². The molecule has 0 aliphatic rings. The highest BCUT2D eigenvalue weighted by molar-refractivity contribution is 5.71. The monoisotopic (exact) mass is 865 g/mol. The average molecular weight is 865 g/mol. The smallest absolute Gasteiger partial charge is 0.306 e. The standard InChI is InChI=1S/C57H84O6/c1-4-7-10-13-16-19-21-23-25-27-28-30-31-33-35-38-41-44-47-50-56(59)62-53-54(52-61-55(58)49-46-43-40-37-18-15-12-9-6-3)63-57(60)51-48-45-42-39-36-34-32-29-26-24-22-20-17-14-11-8-5-2/h7-12,14,16-20,22-26,28-30,32-37,54H,4-6,13,15,21,27,31,38-53H2,1-3H3/b10-7-,11-8-,12-9-,17-14-,19-16-,22-20-,25-23-,26-24-,30-28-,32-29+,35-33-,36-34-,37-18-. The Labute approximate surface area is 384 Å². The molecule has 348 valence electrons. The lowest BCUT2D eigenvalue weighted by atomic mass is 10.1. The molecular weight excluding hydrogens is 781 g/mol. The van der Waals surface area contributed by atoms with E-state index in [1.165, 1.54) is 0 Å². The highest BCUT2D eigenvalue weighted by Gasteiger charge is 2.19. The van der Waals surface area contributed by atoms with Crippen LogP contribution in [0.2, 0.25) is 0 Å². The molecule has 0 N–H and O–H groups in total. The van der Waals surface area contributed by atoms with Crippen LogP contribution < -0.4 is 0 Å². The first kappa shape index (κ1) is 58.0. The van der Waals surface area contributed by atoms with Gasteiger partial charge in [0, 0.05) is 19.3 Å². The van der Waals surface area contributed by atoms with Gasteiger partial charge in [-0.1, -0.05) is 192 Å². The van der Waals surface area contributed by atoms with E-state index < -0.39 is 6.10 Å². The summed E-state index contributed by atoms with van der Waals surface area (Å²) in [4.78, 5) is 37.8. The third kappa shape index (κ3) is 47.9. The first-order chi connectivity index (χ1) is 31.0. The fourth-order valence-corrected chi connectivity index (χ4v) is 5.65. The number of carbonyl (C=O) groups is 3. The van der Waals surface area contributed by atoms with Gasteiger partial charge in [0.25, 0.3) is 0 Å². The number of carbonyl (C=O) groups excluding carboxylic acids is 3. The van der Waals surface area contributed by atoms with Gasteiger partial charge in [0.1, 0.15) is 13.2 Å². The van der Waals surface area contributed by atoms with Crippen molar-refractivity contribution in [2.24, 2.45) is 0 Å². The molecule has 0 aliphatic carbocycles. The summed E-state index contributed by atoms with van der Waals surface area (Å²) in [6.07, 6.45) is 72.3. The van der Waals surface area contributed by atoms with Crippen LogP contribution in [0.1, 0.15) is 162 Å². The van der Waals surface area contributed by atoms with Gasteiger partial charge in [-0.25, -0.2) is 0 Å². The van der Waals surface area contributed by atoms with Crippen LogP contribution in [0.5, 0.6) is 0 Å². The topological polar surface area (TPSA) is 78.9 Å². The summed E-state index contributed by atoms with van der Waals surface area (Å²) < 4.78 is 16.6. The van der Waals surface area contributed by atoms with E-state index in [1.807, 2.05) is 60.8 Å². The minimum atomic E-state index is -0.835. The van der Waals surface area contributed by atoms with Gasteiger partial charge < -0.3 is 14.2 Å². The minimum Gasteiger partial charge on any atom is -0.462 e. The third-order valence-electron chi connectivity index (χ3n) is 9.17. The van der Waals surface area contributed by atoms with Crippen LogP contribution in [0.25, 0.3) is 0 Å². The Morgan fingerprint density at radius 2 is 0.651 bits per heavy atom. The van der Waals surface area contributed by atoms with Crippen LogP contribution >= 0.6 is 0 Å². The highest BCUT2D eigenvalue weighted by Crippen LogP contribution is 2.10. The van der Waals surface area contributed by atoms with Crippen LogP contribution in [0.3, 0.4) is 0 Å². The maximum Gasteiger partial charge on any atom is 0.306 e. The number of unbranched alkanes of at least 4 members (excludes halogenated alkanes) is 8. The molecule has 0 amide bonds. The van der Waals surface area contributed by atoms with Gasteiger partial charge in [-0.2, -0.15) is 0 Å². The van der Waals surface area contributed by atoms with E-state index in [-0.39, 0.29) is 44.0 Å². The summed E-state index contributed by atoms with van der Waals surface area (Å²) in [6.45, 7) is 6.11. The van der Waals surface area contributed by atoms with Crippen molar-refractivity contribution in [3.05, 3.63) is 158 Å². The largest absolute Gasteiger partial charge is 0.462 e. The van der Waals surface area contributed by atoms with Gasteiger partial charge in [-0.3, -0.25) is 14.4 Å². The van der Waals surface area contributed by atoms with Gasteiger partial charge in [-0.15, -0.1) is 0 Å². The van der Waals surface area contributed by atoms with Gasteiger partial charge in [0.15, 0.2) is 6.10 Å². The zero-order chi connectivity index (χ0) is 45.8. The number of allylic oxidation sites excluding steroid dienone is 26. The van der Waals surface area contributed by atoms with Crippen molar-refractivity contribution in [1.82, 2.24) is 0 Å². The Balaban J connectivity index is 4.56. The Bertz CT molecular complexity index is 1510. The summed E-state index contributed by atoms with van der Waals surface area (Å²) in [5.74, 6) is -1.06. The van der Waals surface area contributed by atoms with Crippen LogP contribution in [0, 0.1) is 0 Å². The Hall–Kier alpha value is -4.97. The average Bonchev–Trinajstić information content (AvgIpc) is 3.28. The molecule has 0 fully saturated rings. The molecule has 1 unspecified atom stereocenters. The zero-order valence-electron chi connectivity index (χ0n) is 39.5. The molecular formula is C57H84O6.